The summed E-state index contributed by atoms with van der Waals surface area (Å²) in [5, 5.41) is 11.4. The van der Waals surface area contributed by atoms with Crippen LogP contribution < -0.4 is 4.90 Å². The van der Waals surface area contributed by atoms with Crippen LogP contribution in [-0.4, -0.2) is 41.2 Å². The van der Waals surface area contributed by atoms with E-state index in [2.05, 4.69) is 14.9 Å². The van der Waals surface area contributed by atoms with Crippen molar-refractivity contribution in [3.8, 4) is 0 Å². The molecule has 0 atom stereocenters. The summed E-state index contributed by atoms with van der Waals surface area (Å²) in [6, 6.07) is 3.42. The lowest BCUT2D eigenvalue weighted by Crippen LogP contribution is -2.36. The van der Waals surface area contributed by atoms with Crippen LogP contribution in [0.2, 0.25) is 0 Å². The van der Waals surface area contributed by atoms with Crippen LogP contribution in [0.1, 0.15) is 0 Å². The zero-order valence-electron chi connectivity index (χ0n) is 9.63. The maximum Gasteiger partial charge on any atom is 0.288 e. The van der Waals surface area contributed by atoms with Crippen molar-refractivity contribution in [1.82, 2.24) is 9.97 Å². The average molecular weight is 248 g/mol. The Kier molecular flexibility index (Phi) is 2.60. The fourth-order valence-corrected chi connectivity index (χ4v) is 2.06. The molecule has 94 valence electrons. The van der Waals surface area contributed by atoms with E-state index >= 15 is 0 Å². The Morgan fingerprint density at radius 1 is 1.39 bits per heavy atom. The second kappa shape index (κ2) is 4.26. The molecule has 0 bridgehead atoms. The molecule has 0 radical (unpaired) electrons. The molecule has 0 aromatic carbocycles. The molecule has 0 unspecified atom stereocenters. The molecule has 1 aliphatic heterocycles. The van der Waals surface area contributed by atoms with Gasteiger partial charge in [-0.2, -0.15) is 0 Å². The molecule has 0 amide bonds. The minimum Gasteiger partial charge on any atom is -0.378 e. The van der Waals surface area contributed by atoms with Crippen molar-refractivity contribution in [3.63, 3.8) is 0 Å². The first-order chi connectivity index (χ1) is 8.74. The highest BCUT2D eigenvalue weighted by molar-refractivity contribution is 5.82. The molecule has 3 rings (SSSR count). The van der Waals surface area contributed by atoms with Crippen LogP contribution in [0.15, 0.2) is 18.3 Å². The van der Waals surface area contributed by atoms with Crippen LogP contribution >= 0.6 is 0 Å². The van der Waals surface area contributed by atoms with Crippen LogP contribution in [0.3, 0.4) is 0 Å². The summed E-state index contributed by atoms with van der Waals surface area (Å²) in [5.74, 6) is 0.932. The molecule has 1 saturated heterocycles. The van der Waals surface area contributed by atoms with Crippen molar-refractivity contribution >= 4 is 22.5 Å². The van der Waals surface area contributed by atoms with Gasteiger partial charge in [0, 0.05) is 24.5 Å². The number of hydrogen-bond acceptors (Lipinski definition) is 5. The molecule has 1 aliphatic rings. The number of morpholine rings is 1. The smallest absolute Gasteiger partial charge is 0.288 e. The van der Waals surface area contributed by atoms with Crippen LogP contribution in [0.5, 0.6) is 0 Å². The van der Waals surface area contributed by atoms with Crippen molar-refractivity contribution < 1.29 is 9.66 Å². The first-order valence-electron chi connectivity index (χ1n) is 5.70. The Bertz CT molecular complexity index is 589. The lowest BCUT2D eigenvalue weighted by Gasteiger charge is -2.27. The normalized spacial score (nSPS) is 16.1. The fourth-order valence-electron chi connectivity index (χ4n) is 2.06. The second-order valence-corrected chi connectivity index (χ2v) is 4.14. The first kappa shape index (κ1) is 11.0. The summed E-state index contributed by atoms with van der Waals surface area (Å²) >= 11 is 0. The molecule has 0 aliphatic carbocycles. The molecule has 0 saturated carbocycles. The standard InChI is InChI=1S/C11H12N4O3/c16-15(17)9-5-8-6-10(13-11(8)12-7-9)14-1-3-18-4-2-14/h5-7H,1-4H2,(H,12,13). The number of nitro groups is 1. The Balaban J connectivity index is 1.97. The molecule has 1 fully saturated rings. The molecular weight excluding hydrogens is 236 g/mol. The third kappa shape index (κ3) is 1.88. The van der Waals surface area contributed by atoms with Gasteiger partial charge in [0.2, 0.25) is 0 Å². The minimum atomic E-state index is -0.437. The summed E-state index contributed by atoms with van der Waals surface area (Å²) < 4.78 is 5.29. The number of fused-ring (bicyclic) bond motifs is 1. The Morgan fingerprint density at radius 3 is 2.89 bits per heavy atom. The number of aromatic amines is 1. The summed E-state index contributed by atoms with van der Waals surface area (Å²) in [4.78, 5) is 19.6. The van der Waals surface area contributed by atoms with Crippen LogP contribution in [-0.2, 0) is 4.74 Å². The van der Waals surface area contributed by atoms with Gasteiger partial charge in [0.25, 0.3) is 5.69 Å². The van der Waals surface area contributed by atoms with E-state index in [0.717, 1.165) is 24.3 Å². The highest BCUT2D eigenvalue weighted by Crippen LogP contribution is 2.24. The van der Waals surface area contributed by atoms with Crippen molar-refractivity contribution in [2.45, 2.75) is 0 Å². The highest BCUT2D eigenvalue weighted by atomic mass is 16.6. The van der Waals surface area contributed by atoms with Gasteiger partial charge in [-0.3, -0.25) is 10.1 Å². The van der Waals surface area contributed by atoms with Gasteiger partial charge >= 0.3 is 0 Å². The van der Waals surface area contributed by atoms with Gasteiger partial charge in [0.15, 0.2) is 0 Å². The van der Waals surface area contributed by atoms with Gasteiger partial charge in [-0.15, -0.1) is 0 Å². The van der Waals surface area contributed by atoms with Crippen molar-refractivity contribution in [2.24, 2.45) is 0 Å². The molecule has 18 heavy (non-hydrogen) atoms. The van der Waals surface area contributed by atoms with Gasteiger partial charge in [-0.1, -0.05) is 0 Å². The predicted octanol–water partition coefficient (Wildman–Crippen LogP) is 1.31. The number of nitrogens with zero attached hydrogens (tertiary/aromatic N) is 3. The third-order valence-corrected chi connectivity index (χ3v) is 3.00. The van der Waals surface area contributed by atoms with E-state index in [1.165, 1.54) is 12.3 Å². The predicted molar refractivity (Wildman–Crippen MR) is 65.8 cm³/mol. The monoisotopic (exact) mass is 248 g/mol. The molecule has 3 heterocycles. The van der Waals surface area contributed by atoms with Gasteiger partial charge in [0.1, 0.15) is 17.7 Å². The van der Waals surface area contributed by atoms with Gasteiger partial charge in [0.05, 0.1) is 18.1 Å². The van der Waals surface area contributed by atoms with Gasteiger partial charge in [-0.05, 0) is 6.07 Å². The summed E-state index contributed by atoms with van der Waals surface area (Å²) in [6.45, 7) is 3.02. The molecular formula is C11H12N4O3. The Morgan fingerprint density at radius 2 is 2.17 bits per heavy atom. The van der Waals surface area contributed by atoms with E-state index in [1.54, 1.807) is 0 Å². The molecule has 7 nitrogen and oxygen atoms in total. The largest absolute Gasteiger partial charge is 0.378 e. The summed E-state index contributed by atoms with van der Waals surface area (Å²) in [5.41, 5.74) is 0.678. The molecule has 0 spiro atoms. The summed E-state index contributed by atoms with van der Waals surface area (Å²) in [7, 11) is 0. The third-order valence-electron chi connectivity index (χ3n) is 3.00. The van der Waals surface area contributed by atoms with Gasteiger partial charge in [-0.25, -0.2) is 4.98 Å². The maximum atomic E-state index is 10.7. The summed E-state index contributed by atoms with van der Waals surface area (Å²) in [6.07, 6.45) is 1.27. The van der Waals surface area contributed by atoms with Crippen molar-refractivity contribution in [2.75, 3.05) is 31.2 Å². The fraction of sp³-hybridized carbons (Fsp3) is 0.364. The van der Waals surface area contributed by atoms with E-state index in [4.69, 9.17) is 4.74 Å². The van der Waals surface area contributed by atoms with Gasteiger partial charge < -0.3 is 14.6 Å². The zero-order chi connectivity index (χ0) is 12.5. The zero-order valence-corrected chi connectivity index (χ0v) is 9.63. The Hall–Kier alpha value is -2.15. The van der Waals surface area contributed by atoms with Crippen molar-refractivity contribution in [3.05, 3.63) is 28.4 Å². The number of ether oxygens (including phenoxy) is 1. The number of anilines is 1. The van der Waals surface area contributed by atoms with Crippen LogP contribution in [0, 0.1) is 10.1 Å². The van der Waals surface area contributed by atoms with Crippen LogP contribution in [0.25, 0.3) is 11.0 Å². The highest BCUT2D eigenvalue weighted by Gasteiger charge is 2.15. The van der Waals surface area contributed by atoms with Crippen molar-refractivity contribution in [1.29, 1.82) is 0 Å². The number of pyridine rings is 1. The Labute approximate surface area is 103 Å². The topological polar surface area (TPSA) is 84.3 Å². The first-order valence-corrected chi connectivity index (χ1v) is 5.70. The quantitative estimate of drug-likeness (QED) is 0.639. The van der Waals surface area contributed by atoms with E-state index in [1.807, 2.05) is 6.07 Å². The second-order valence-electron chi connectivity index (χ2n) is 4.14. The SMILES string of the molecule is O=[N+]([O-])c1cnc2[nH]c(N3CCOCC3)cc2c1. The number of H-pyrrole nitrogens is 1. The number of rotatable bonds is 2. The molecule has 1 N–H and O–H groups in total. The lowest BCUT2D eigenvalue weighted by atomic mass is 10.3. The minimum absolute atomic E-state index is 0.00928. The molecule has 7 heteroatoms. The number of hydrogen-bond donors (Lipinski definition) is 1. The number of nitrogens with one attached hydrogen (secondary N) is 1. The lowest BCUT2D eigenvalue weighted by molar-refractivity contribution is -0.385. The van der Waals surface area contributed by atoms with E-state index in [9.17, 15) is 10.1 Å². The average Bonchev–Trinajstić information content (AvgIpc) is 2.82. The molecule has 2 aromatic rings. The van der Waals surface area contributed by atoms with E-state index < -0.39 is 4.92 Å². The molecule has 2 aromatic heterocycles. The number of aromatic nitrogens is 2. The van der Waals surface area contributed by atoms with E-state index in [0.29, 0.717) is 18.9 Å². The maximum absolute atomic E-state index is 10.7. The van der Waals surface area contributed by atoms with Crippen LogP contribution in [0.4, 0.5) is 11.5 Å². The van der Waals surface area contributed by atoms with E-state index in [-0.39, 0.29) is 5.69 Å².